The van der Waals surface area contributed by atoms with Crippen molar-refractivity contribution < 1.29 is 34.0 Å². The number of benzene rings is 2. The molecule has 3 atom stereocenters. The van der Waals surface area contributed by atoms with Gasteiger partial charge in [0.15, 0.2) is 12.5 Å². The molecule has 1 aliphatic heterocycles. The number of rotatable bonds is 12. The zero-order valence-electron chi connectivity index (χ0n) is 21.4. The Labute approximate surface area is 231 Å². The van der Waals surface area contributed by atoms with E-state index in [1.165, 1.54) is 18.0 Å². The molecule has 206 valence electrons. The van der Waals surface area contributed by atoms with E-state index in [1.54, 1.807) is 12.1 Å². The van der Waals surface area contributed by atoms with Crippen molar-refractivity contribution in [2.75, 3.05) is 5.75 Å². The SMILES string of the molecule is O=C(O)CCCC(=O)NCc1ccc([C@@H]2O[C@H](CSc3cccc[n+]3[O-])C[C@H](c3ccc(CO)cc3)O2)cc1. The summed E-state index contributed by atoms with van der Waals surface area (Å²) in [6.07, 6.45) is 1.49. The molecule has 1 amide bonds. The molecule has 9 nitrogen and oxygen atoms in total. The van der Waals surface area contributed by atoms with Crippen molar-refractivity contribution in [3.05, 3.63) is 100 Å². The summed E-state index contributed by atoms with van der Waals surface area (Å²) in [4.78, 5) is 22.6. The molecule has 3 aromatic rings. The number of ether oxygens (including phenoxy) is 2. The first kappa shape index (κ1) is 28.6. The van der Waals surface area contributed by atoms with Gasteiger partial charge in [-0.05, 0) is 29.2 Å². The lowest BCUT2D eigenvalue weighted by atomic mass is 10.0. The summed E-state index contributed by atoms with van der Waals surface area (Å²) in [6, 6.07) is 20.6. The van der Waals surface area contributed by atoms with E-state index in [0.29, 0.717) is 30.2 Å². The van der Waals surface area contributed by atoms with Crippen LogP contribution in [0.15, 0.2) is 78.0 Å². The topological polar surface area (TPSA) is 132 Å². The van der Waals surface area contributed by atoms with Gasteiger partial charge in [-0.3, -0.25) is 9.59 Å². The fourth-order valence-corrected chi connectivity index (χ4v) is 5.14. The third-order valence-corrected chi connectivity index (χ3v) is 7.51. The van der Waals surface area contributed by atoms with Crippen molar-refractivity contribution in [3.63, 3.8) is 0 Å². The van der Waals surface area contributed by atoms with Gasteiger partial charge in [-0.1, -0.05) is 60.3 Å². The minimum Gasteiger partial charge on any atom is -0.618 e. The Bertz CT molecular complexity index is 1240. The lowest BCUT2D eigenvalue weighted by Crippen LogP contribution is -2.32. The highest BCUT2D eigenvalue weighted by Gasteiger charge is 2.32. The van der Waals surface area contributed by atoms with Crippen molar-refractivity contribution in [1.82, 2.24) is 5.32 Å². The summed E-state index contributed by atoms with van der Waals surface area (Å²) in [6.45, 7) is 0.308. The van der Waals surface area contributed by atoms with Crippen molar-refractivity contribution >= 4 is 23.6 Å². The maximum atomic E-state index is 12.1. The highest BCUT2D eigenvalue weighted by Crippen LogP contribution is 2.39. The zero-order chi connectivity index (χ0) is 27.6. The zero-order valence-corrected chi connectivity index (χ0v) is 22.2. The monoisotopic (exact) mass is 552 g/mol. The second kappa shape index (κ2) is 14.1. The fraction of sp³-hybridized carbons (Fsp3) is 0.345. The number of aliphatic hydroxyl groups is 1. The smallest absolute Gasteiger partial charge is 0.303 e. The third kappa shape index (κ3) is 8.52. The van der Waals surface area contributed by atoms with Crippen LogP contribution in [0.5, 0.6) is 0 Å². The molecular formula is C29H32N2O7S. The Morgan fingerprint density at radius 3 is 2.38 bits per heavy atom. The Kier molecular flexibility index (Phi) is 10.3. The molecule has 0 aliphatic carbocycles. The summed E-state index contributed by atoms with van der Waals surface area (Å²) in [5.41, 5.74) is 3.53. The number of carbonyl (C=O) groups excluding carboxylic acids is 1. The van der Waals surface area contributed by atoms with Crippen LogP contribution in [0.1, 0.15) is 60.3 Å². The number of pyridine rings is 1. The minimum atomic E-state index is -0.912. The molecule has 0 radical (unpaired) electrons. The molecule has 2 heterocycles. The molecule has 3 N–H and O–H groups in total. The number of hydrogen-bond donors (Lipinski definition) is 3. The van der Waals surface area contributed by atoms with Gasteiger partial charge in [0.05, 0.1) is 18.8 Å². The van der Waals surface area contributed by atoms with Crippen molar-refractivity contribution in [2.24, 2.45) is 0 Å². The summed E-state index contributed by atoms with van der Waals surface area (Å²) < 4.78 is 13.5. The predicted octanol–water partition coefficient (Wildman–Crippen LogP) is 4.02. The predicted molar refractivity (Wildman–Crippen MR) is 144 cm³/mol. The van der Waals surface area contributed by atoms with Crippen LogP contribution >= 0.6 is 11.8 Å². The molecule has 1 aliphatic rings. The van der Waals surface area contributed by atoms with E-state index in [0.717, 1.165) is 27.0 Å². The van der Waals surface area contributed by atoms with Crippen LogP contribution in [-0.4, -0.2) is 33.9 Å². The van der Waals surface area contributed by atoms with Crippen LogP contribution < -0.4 is 10.0 Å². The standard InChI is InChI=1S/C29H32N2O7S/c32-18-21-9-11-22(12-10-21)25-16-24(19-39-27-5-1-2-15-31(27)36)37-29(38-25)23-13-7-20(8-14-23)17-30-26(33)4-3-6-28(34)35/h1-2,5,7-15,24-25,29,32H,3-4,6,16-19H2,(H,30,33)(H,34,35)/t24-,25+,29+/m0/s1. The van der Waals surface area contributed by atoms with Gasteiger partial charge in [0, 0.05) is 49.3 Å². The number of hydrogen-bond acceptors (Lipinski definition) is 7. The van der Waals surface area contributed by atoms with Crippen LogP contribution in [0, 0.1) is 5.21 Å². The average molecular weight is 553 g/mol. The van der Waals surface area contributed by atoms with Crippen LogP contribution in [0.25, 0.3) is 0 Å². The van der Waals surface area contributed by atoms with Crippen molar-refractivity contribution in [1.29, 1.82) is 0 Å². The molecule has 1 fully saturated rings. The Morgan fingerprint density at radius 2 is 1.69 bits per heavy atom. The minimum absolute atomic E-state index is 0.0296. The molecule has 4 rings (SSSR count). The molecule has 1 aromatic heterocycles. The fourth-order valence-electron chi connectivity index (χ4n) is 4.21. The van der Waals surface area contributed by atoms with Crippen LogP contribution in [0.4, 0.5) is 0 Å². The number of amides is 1. The van der Waals surface area contributed by atoms with Crippen LogP contribution in [-0.2, 0) is 32.2 Å². The molecule has 0 bridgehead atoms. The van der Waals surface area contributed by atoms with E-state index in [2.05, 4.69) is 5.32 Å². The highest BCUT2D eigenvalue weighted by atomic mass is 32.2. The van der Waals surface area contributed by atoms with Gasteiger partial charge < -0.3 is 30.2 Å². The maximum Gasteiger partial charge on any atom is 0.303 e. The van der Waals surface area contributed by atoms with Gasteiger partial charge in [0.2, 0.25) is 5.91 Å². The Morgan fingerprint density at radius 1 is 0.974 bits per heavy atom. The number of nitrogens with one attached hydrogen (secondary N) is 1. The largest absolute Gasteiger partial charge is 0.618 e. The normalized spacial score (nSPS) is 18.9. The first-order valence-electron chi connectivity index (χ1n) is 12.8. The van der Waals surface area contributed by atoms with E-state index in [-0.39, 0.29) is 37.6 Å². The number of thioether (sulfide) groups is 1. The lowest BCUT2D eigenvalue weighted by molar-refractivity contribution is -0.645. The lowest BCUT2D eigenvalue weighted by Gasteiger charge is -2.36. The van der Waals surface area contributed by atoms with E-state index in [1.807, 2.05) is 54.6 Å². The van der Waals surface area contributed by atoms with Crippen LogP contribution in [0.3, 0.4) is 0 Å². The number of aliphatic hydroxyl groups excluding tert-OH is 1. The summed E-state index contributed by atoms with van der Waals surface area (Å²) >= 11 is 1.44. The Hall–Kier alpha value is -3.44. The highest BCUT2D eigenvalue weighted by molar-refractivity contribution is 7.99. The maximum absolute atomic E-state index is 12.1. The molecule has 0 saturated carbocycles. The molecular weight excluding hydrogens is 520 g/mol. The molecule has 0 unspecified atom stereocenters. The summed E-state index contributed by atoms with van der Waals surface area (Å²) in [7, 11) is 0. The number of carboxylic acid groups (broad SMARTS) is 1. The number of carbonyl (C=O) groups is 2. The van der Waals surface area contributed by atoms with Gasteiger partial charge in [0.25, 0.3) is 5.03 Å². The van der Waals surface area contributed by atoms with Gasteiger partial charge in [-0.25, -0.2) is 0 Å². The summed E-state index contributed by atoms with van der Waals surface area (Å²) in [5, 5.41) is 33.6. The van der Waals surface area contributed by atoms with Gasteiger partial charge >= 0.3 is 5.97 Å². The van der Waals surface area contributed by atoms with E-state index >= 15 is 0 Å². The number of aliphatic carboxylic acids is 1. The molecule has 0 spiro atoms. The first-order chi connectivity index (χ1) is 18.9. The van der Waals surface area contributed by atoms with E-state index in [9.17, 15) is 19.9 Å². The molecule has 39 heavy (non-hydrogen) atoms. The van der Waals surface area contributed by atoms with Crippen LogP contribution in [0.2, 0.25) is 0 Å². The molecule has 10 heteroatoms. The average Bonchev–Trinajstić information content (AvgIpc) is 2.95. The van der Waals surface area contributed by atoms with Gasteiger partial charge in [-0.2, -0.15) is 4.73 Å². The van der Waals surface area contributed by atoms with E-state index < -0.39 is 12.3 Å². The second-order valence-corrected chi connectivity index (χ2v) is 10.3. The quantitative estimate of drug-likeness (QED) is 0.174. The van der Waals surface area contributed by atoms with Gasteiger partial charge in [-0.15, -0.1) is 0 Å². The summed E-state index contributed by atoms with van der Waals surface area (Å²) in [5.74, 6) is -0.527. The number of carboxylic acids is 1. The first-order valence-corrected chi connectivity index (χ1v) is 13.8. The molecule has 2 aromatic carbocycles. The van der Waals surface area contributed by atoms with Gasteiger partial charge in [0.1, 0.15) is 0 Å². The van der Waals surface area contributed by atoms with Crippen molar-refractivity contribution in [3.8, 4) is 0 Å². The number of nitrogens with zero attached hydrogens (tertiary/aromatic N) is 1. The third-order valence-electron chi connectivity index (χ3n) is 6.36. The second-order valence-electron chi connectivity index (χ2n) is 9.29. The molecule has 1 saturated heterocycles. The number of aromatic nitrogens is 1. The van der Waals surface area contributed by atoms with Crippen molar-refractivity contribution in [2.45, 2.75) is 62.4 Å². The van der Waals surface area contributed by atoms with E-state index in [4.69, 9.17) is 14.6 Å². The Balaban J connectivity index is 1.41.